The molecule has 0 bridgehead atoms. The predicted octanol–water partition coefficient (Wildman–Crippen LogP) is 2.54. The molecule has 1 aromatic carbocycles. The van der Waals surface area contributed by atoms with E-state index in [2.05, 4.69) is 15.6 Å². The van der Waals surface area contributed by atoms with E-state index in [0.717, 1.165) is 5.56 Å². The van der Waals surface area contributed by atoms with Crippen molar-refractivity contribution in [1.29, 1.82) is 0 Å². The summed E-state index contributed by atoms with van der Waals surface area (Å²) >= 11 is 2.57. The number of thiazole rings is 1. The van der Waals surface area contributed by atoms with Crippen molar-refractivity contribution in [2.75, 3.05) is 13.7 Å². The summed E-state index contributed by atoms with van der Waals surface area (Å²) < 4.78 is 5.54. The molecule has 0 aliphatic carbocycles. The van der Waals surface area contributed by atoms with Gasteiger partial charge in [-0.1, -0.05) is 42.1 Å². The average molecular weight is 393 g/mol. The van der Waals surface area contributed by atoms with Crippen molar-refractivity contribution in [1.82, 2.24) is 15.6 Å². The van der Waals surface area contributed by atoms with Crippen LogP contribution in [0, 0.1) is 0 Å². The van der Waals surface area contributed by atoms with Gasteiger partial charge in [-0.3, -0.25) is 14.9 Å². The number of amides is 3. The van der Waals surface area contributed by atoms with Crippen molar-refractivity contribution in [2.45, 2.75) is 22.9 Å². The summed E-state index contributed by atoms with van der Waals surface area (Å²) in [7, 11) is 1.44. The molecule has 1 heterocycles. The third kappa shape index (κ3) is 5.85. The third-order valence-electron chi connectivity index (χ3n) is 3.18. The summed E-state index contributed by atoms with van der Waals surface area (Å²) in [5.41, 5.74) is 1.34. The Hall–Kier alpha value is -2.39. The van der Waals surface area contributed by atoms with Gasteiger partial charge < -0.3 is 10.1 Å². The topological polar surface area (TPSA) is 97.4 Å². The minimum atomic E-state index is -0.643. The van der Waals surface area contributed by atoms with Crippen LogP contribution in [0.3, 0.4) is 0 Å². The molecule has 2 N–H and O–H groups in total. The molecule has 0 spiro atoms. The van der Waals surface area contributed by atoms with Crippen molar-refractivity contribution in [3.63, 3.8) is 0 Å². The highest BCUT2D eigenvalue weighted by Gasteiger charge is 2.25. The van der Waals surface area contributed by atoms with Crippen molar-refractivity contribution in [2.24, 2.45) is 0 Å². The number of benzene rings is 1. The van der Waals surface area contributed by atoms with Gasteiger partial charge in [0.1, 0.15) is 5.25 Å². The van der Waals surface area contributed by atoms with Crippen LogP contribution in [0.1, 0.15) is 23.4 Å². The van der Waals surface area contributed by atoms with Gasteiger partial charge in [0.05, 0.1) is 18.7 Å². The number of hydrogen-bond donors (Lipinski definition) is 2. The van der Waals surface area contributed by atoms with Gasteiger partial charge in [-0.15, -0.1) is 11.3 Å². The van der Waals surface area contributed by atoms with Crippen molar-refractivity contribution >= 4 is 41.0 Å². The van der Waals surface area contributed by atoms with E-state index in [1.54, 1.807) is 12.3 Å². The maximum absolute atomic E-state index is 12.5. The second kappa shape index (κ2) is 9.93. The molecule has 2 rings (SSSR count). The Morgan fingerprint density at radius 1 is 1.27 bits per heavy atom. The van der Waals surface area contributed by atoms with E-state index in [0.29, 0.717) is 16.6 Å². The van der Waals surface area contributed by atoms with Crippen LogP contribution in [0.15, 0.2) is 40.1 Å². The van der Waals surface area contributed by atoms with Crippen molar-refractivity contribution in [3.8, 4) is 0 Å². The highest BCUT2D eigenvalue weighted by molar-refractivity contribution is 8.01. The van der Waals surface area contributed by atoms with Gasteiger partial charge in [0.2, 0.25) is 5.91 Å². The number of hydrogen-bond acceptors (Lipinski definition) is 7. The van der Waals surface area contributed by atoms with Crippen molar-refractivity contribution < 1.29 is 19.1 Å². The zero-order valence-corrected chi connectivity index (χ0v) is 16.0. The second-order valence-electron chi connectivity index (χ2n) is 5.06. The number of carbonyl (C=O) groups excluding carboxylic acids is 3. The molecular formula is C17H19N3O4S2. The zero-order valence-electron chi connectivity index (χ0n) is 14.4. The molecule has 0 aliphatic heterocycles. The van der Waals surface area contributed by atoms with E-state index < -0.39 is 17.2 Å². The molecular weight excluding hydrogens is 374 g/mol. The lowest BCUT2D eigenvalue weighted by atomic mass is 10.1. The molecule has 0 radical (unpaired) electrons. The standard InChI is InChI=1S/C17H19N3O4S2/c1-3-24-13(21)9-12-10-25-17(19-12)26-14(11-7-5-4-6-8-11)15(22)20-16(23)18-2/h4-8,10,14H,3,9H2,1-2H3,(H2,18,20,22,23)/t14-/m1/s1. The van der Waals surface area contributed by atoms with E-state index in [9.17, 15) is 14.4 Å². The predicted molar refractivity (Wildman–Crippen MR) is 100 cm³/mol. The monoisotopic (exact) mass is 393 g/mol. The Labute approximate surface area is 159 Å². The van der Waals surface area contributed by atoms with Crippen LogP contribution in [0.5, 0.6) is 0 Å². The molecule has 1 aromatic heterocycles. The number of aromatic nitrogens is 1. The minimum Gasteiger partial charge on any atom is -0.466 e. The fraction of sp³-hybridized carbons (Fsp3) is 0.294. The van der Waals surface area contributed by atoms with Crippen LogP contribution >= 0.6 is 23.1 Å². The van der Waals surface area contributed by atoms with Gasteiger partial charge in [0, 0.05) is 12.4 Å². The molecule has 7 nitrogen and oxygen atoms in total. The summed E-state index contributed by atoms with van der Waals surface area (Å²) in [6, 6.07) is 8.55. The van der Waals surface area contributed by atoms with Crippen LogP contribution in [0.4, 0.5) is 4.79 Å². The quantitative estimate of drug-likeness (QED) is 0.554. The van der Waals surface area contributed by atoms with E-state index in [1.165, 1.54) is 30.1 Å². The first kappa shape index (κ1) is 19.9. The molecule has 9 heteroatoms. The Morgan fingerprint density at radius 3 is 2.65 bits per heavy atom. The minimum absolute atomic E-state index is 0.0886. The lowest BCUT2D eigenvalue weighted by Crippen LogP contribution is -2.39. The molecule has 1 atom stereocenters. The number of carbonyl (C=O) groups is 3. The van der Waals surface area contributed by atoms with Gasteiger partial charge >= 0.3 is 12.0 Å². The van der Waals surface area contributed by atoms with Crippen molar-refractivity contribution in [3.05, 3.63) is 47.0 Å². The SMILES string of the molecule is CCOC(=O)Cc1csc(S[C@@H](C(=O)NC(=O)NC)c2ccccc2)n1. The molecule has 0 unspecified atom stereocenters. The lowest BCUT2D eigenvalue weighted by molar-refractivity contribution is -0.142. The number of imide groups is 1. The van der Waals surface area contributed by atoms with Gasteiger partial charge in [0.25, 0.3) is 0 Å². The molecule has 0 saturated heterocycles. The Kier molecular flexibility index (Phi) is 7.61. The van der Waals surface area contributed by atoms with Gasteiger partial charge in [-0.05, 0) is 12.5 Å². The Morgan fingerprint density at radius 2 is 2.00 bits per heavy atom. The summed E-state index contributed by atoms with van der Waals surface area (Å²) in [6.07, 6.45) is 0.0886. The zero-order chi connectivity index (χ0) is 18.9. The third-order valence-corrected chi connectivity index (χ3v) is 5.46. The van der Waals surface area contributed by atoms with E-state index in [-0.39, 0.29) is 12.4 Å². The molecule has 2 aromatic rings. The molecule has 0 aliphatic rings. The largest absolute Gasteiger partial charge is 0.466 e. The summed E-state index contributed by atoms with van der Waals surface area (Å²) in [5.74, 6) is -0.783. The number of thioether (sulfide) groups is 1. The van der Waals surface area contributed by atoms with Gasteiger partial charge in [-0.2, -0.15) is 0 Å². The number of urea groups is 1. The molecule has 0 saturated carbocycles. The first-order chi connectivity index (χ1) is 12.5. The fourth-order valence-corrected chi connectivity index (χ4v) is 4.05. The number of ether oxygens (including phenoxy) is 1. The maximum atomic E-state index is 12.5. The highest BCUT2D eigenvalue weighted by atomic mass is 32.2. The van der Waals surface area contributed by atoms with Crippen LogP contribution in [-0.2, 0) is 20.7 Å². The molecule has 0 fully saturated rings. The van der Waals surface area contributed by atoms with E-state index in [1.807, 2.05) is 30.3 Å². The number of nitrogens with zero attached hydrogens (tertiary/aromatic N) is 1. The Bertz CT molecular complexity index is 764. The molecule has 3 amide bonds. The Balaban J connectivity index is 2.14. The lowest BCUT2D eigenvalue weighted by Gasteiger charge is -2.14. The first-order valence-corrected chi connectivity index (χ1v) is 9.63. The molecule has 138 valence electrons. The molecule has 26 heavy (non-hydrogen) atoms. The first-order valence-electron chi connectivity index (χ1n) is 7.87. The fourth-order valence-electron chi connectivity index (χ4n) is 2.03. The second-order valence-corrected chi connectivity index (χ2v) is 7.27. The summed E-state index contributed by atoms with van der Waals surface area (Å²) in [4.78, 5) is 39.9. The smallest absolute Gasteiger partial charge is 0.321 e. The summed E-state index contributed by atoms with van der Waals surface area (Å²) in [6.45, 7) is 2.07. The van der Waals surface area contributed by atoms with E-state index >= 15 is 0 Å². The van der Waals surface area contributed by atoms with Crippen LogP contribution in [-0.4, -0.2) is 36.5 Å². The number of nitrogens with one attached hydrogen (secondary N) is 2. The van der Waals surface area contributed by atoms with Crippen LogP contribution in [0.2, 0.25) is 0 Å². The van der Waals surface area contributed by atoms with Crippen LogP contribution < -0.4 is 10.6 Å². The maximum Gasteiger partial charge on any atom is 0.321 e. The number of rotatable bonds is 7. The van der Waals surface area contributed by atoms with Gasteiger partial charge in [-0.25, -0.2) is 9.78 Å². The number of esters is 1. The van der Waals surface area contributed by atoms with Crippen LogP contribution in [0.25, 0.3) is 0 Å². The van der Waals surface area contributed by atoms with E-state index in [4.69, 9.17) is 4.74 Å². The normalized spacial score (nSPS) is 11.5. The summed E-state index contributed by atoms with van der Waals surface area (Å²) in [5, 5.41) is 5.77. The highest BCUT2D eigenvalue weighted by Crippen LogP contribution is 2.37. The van der Waals surface area contributed by atoms with Gasteiger partial charge in [0.15, 0.2) is 4.34 Å². The average Bonchev–Trinajstić information content (AvgIpc) is 3.07.